The van der Waals surface area contributed by atoms with Gasteiger partial charge in [-0.25, -0.2) is 0 Å². The number of nitrogens with one attached hydrogen (secondary N) is 2. The lowest BCUT2D eigenvalue weighted by Gasteiger charge is -2.22. The van der Waals surface area contributed by atoms with E-state index in [4.69, 9.17) is 0 Å². The van der Waals surface area contributed by atoms with Crippen LogP contribution in [0.1, 0.15) is 24.0 Å². The third-order valence-corrected chi connectivity index (χ3v) is 3.77. The van der Waals surface area contributed by atoms with Crippen molar-refractivity contribution in [3.8, 4) is 0 Å². The monoisotopic (exact) mass is 275 g/mol. The van der Waals surface area contributed by atoms with Gasteiger partial charge in [-0.05, 0) is 51.2 Å². The Hall–Kier alpha value is -1.39. The SMILES string of the molecule is CN(C)Cc1ccccc1CNC(=O)C1CCNCC1. The largest absolute Gasteiger partial charge is 0.352 e. The molecule has 1 aliphatic rings. The van der Waals surface area contributed by atoms with Crippen LogP contribution in [0.2, 0.25) is 0 Å². The van der Waals surface area contributed by atoms with Crippen LogP contribution in [0, 0.1) is 5.92 Å². The molecule has 0 aromatic heterocycles. The molecule has 1 fully saturated rings. The number of benzene rings is 1. The van der Waals surface area contributed by atoms with Crippen molar-refractivity contribution < 1.29 is 4.79 Å². The molecule has 20 heavy (non-hydrogen) atoms. The van der Waals surface area contributed by atoms with Crippen molar-refractivity contribution in [2.24, 2.45) is 5.92 Å². The molecule has 0 atom stereocenters. The Balaban J connectivity index is 1.91. The Morgan fingerprint density at radius 1 is 1.25 bits per heavy atom. The van der Waals surface area contributed by atoms with E-state index in [1.807, 2.05) is 6.07 Å². The minimum absolute atomic E-state index is 0.178. The number of hydrogen-bond acceptors (Lipinski definition) is 3. The highest BCUT2D eigenvalue weighted by Gasteiger charge is 2.20. The van der Waals surface area contributed by atoms with E-state index in [0.717, 1.165) is 32.5 Å². The maximum absolute atomic E-state index is 12.2. The molecule has 1 heterocycles. The summed E-state index contributed by atoms with van der Waals surface area (Å²) in [6.07, 6.45) is 1.90. The fraction of sp³-hybridized carbons (Fsp3) is 0.562. The lowest BCUT2D eigenvalue weighted by Crippen LogP contribution is -2.38. The molecule has 0 spiro atoms. The number of amides is 1. The van der Waals surface area contributed by atoms with E-state index in [0.29, 0.717) is 6.54 Å². The Morgan fingerprint density at radius 2 is 1.90 bits per heavy atom. The standard InChI is InChI=1S/C16H25N3O/c1-19(2)12-15-6-4-3-5-14(15)11-18-16(20)13-7-9-17-10-8-13/h3-6,13,17H,7-12H2,1-2H3,(H,18,20). The summed E-state index contributed by atoms with van der Waals surface area (Å²) in [4.78, 5) is 14.3. The number of nitrogens with zero attached hydrogens (tertiary/aromatic N) is 1. The molecular weight excluding hydrogens is 250 g/mol. The molecule has 4 heteroatoms. The first kappa shape index (κ1) is 15.0. The topological polar surface area (TPSA) is 44.4 Å². The summed E-state index contributed by atoms with van der Waals surface area (Å²) < 4.78 is 0. The normalized spacial score (nSPS) is 16.4. The summed E-state index contributed by atoms with van der Waals surface area (Å²) in [6.45, 7) is 3.44. The van der Waals surface area contributed by atoms with Crippen molar-refractivity contribution in [2.75, 3.05) is 27.2 Å². The maximum Gasteiger partial charge on any atom is 0.223 e. The number of piperidine rings is 1. The van der Waals surface area contributed by atoms with Crippen LogP contribution in [-0.4, -0.2) is 38.0 Å². The molecule has 0 bridgehead atoms. The van der Waals surface area contributed by atoms with Gasteiger partial charge in [0.15, 0.2) is 0 Å². The molecule has 0 unspecified atom stereocenters. The van der Waals surface area contributed by atoms with Crippen molar-refractivity contribution in [2.45, 2.75) is 25.9 Å². The highest BCUT2D eigenvalue weighted by molar-refractivity contribution is 5.78. The molecule has 1 aromatic rings. The minimum atomic E-state index is 0.178. The second-order valence-electron chi connectivity index (χ2n) is 5.75. The fourth-order valence-corrected chi connectivity index (χ4v) is 2.64. The van der Waals surface area contributed by atoms with E-state index in [1.165, 1.54) is 11.1 Å². The van der Waals surface area contributed by atoms with Gasteiger partial charge >= 0.3 is 0 Å². The molecule has 0 radical (unpaired) electrons. The zero-order chi connectivity index (χ0) is 14.4. The third kappa shape index (κ3) is 4.32. The molecular formula is C16H25N3O. The minimum Gasteiger partial charge on any atom is -0.352 e. The molecule has 1 saturated heterocycles. The number of carbonyl (C=O) groups is 1. The molecule has 1 amide bonds. The molecule has 0 saturated carbocycles. The highest BCUT2D eigenvalue weighted by Crippen LogP contribution is 2.13. The van der Waals surface area contributed by atoms with Gasteiger partial charge in [0.1, 0.15) is 0 Å². The quantitative estimate of drug-likeness (QED) is 0.853. The summed E-state index contributed by atoms with van der Waals surface area (Å²) in [6, 6.07) is 8.32. The maximum atomic E-state index is 12.2. The van der Waals surface area contributed by atoms with Gasteiger partial charge in [0.2, 0.25) is 5.91 Å². The summed E-state index contributed by atoms with van der Waals surface area (Å²) in [5.74, 6) is 0.378. The van der Waals surface area contributed by atoms with Crippen LogP contribution in [0.25, 0.3) is 0 Å². The molecule has 110 valence electrons. The Labute approximate surface area is 121 Å². The average molecular weight is 275 g/mol. The van der Waals surface area contributed by atoms with Gasteiger partial charge < -0.3 is 15.5 Å². The highest BCUT2D eigenvalue weighted by atomic mass is 16.1. The number of carbonyl (C=O) groups excluding carboxylic acids is 1. The van der Waals surface area contributed by atoms with Crippen LogP contribution in [0.3, 0.4) is 0 Å². The molecule has 2 N–H and O–H groups in total. The predicted molar refractivity (Wildman–Crippen MR) is 81.3 cm³/mol. The predicted octanol–water partition coefficient (Wildman–Crippen LogP) is 1.36. The number of rotatable bonds is 5. The van der Waals surface area contributed by atoms with Crippen LogP contribution in [0.15, 0.2) is 24.3 Å². The van der Waals surface area contributed by atoms with Gasteiger partial charge in [0.05, 0.1) is 0 Å². The zero-order valence-electron chi connectivity index (χ0n) is 12.5. The molecule has 4 nitrogen and oxygen atoms in total. The van der Waals surface area contributed by atoms with Crippen LogP contribution < -0.4 is 10.6 Å². The van der Waals surface area contributed by atoms with Crippen molar-refractivity contribution >= 4 is 5.91 Å². The van der Waals surface area contributed by atoms with Crippen LogP contribution >= 0.6 is 0 Å². The first-order valence-corrected chi connectivity index (χ1v) is 7.37. The summed E-state index contributed by atoms with van der Waals surface area (Å²) >= 11 is 0. The van der Waals surface area contributed by atoms with Crippen molar-refractivity contribution in [1.82, 2.24) is 15.5 Å². The third-order valence-electron chi connectivity index (χ3n) is 3.77. The van der Waals surface area contributed by atoms with Gasteiger partial charge in [-0.3, -0.25) is 4.79 Å². The molecule has 2 rings (SSSR count). The summed E-state index contributed by atoms with van der Waals surface area (Å²) in [5.41, 5.74) is 2.49. The Morgan fingerprint density at radius 3 is 2.55 bits per heavy atom. The van der Waals surface area contributed by atoms with E-state index in [-0.39, 0.29) is 11.8 Å². The second-order valence-corrected chi connectivity index (χ2v) is 5.75. The first-order valence-electron chi connectivity index (χ1n) is 7.37. The second kappa shape index (κ2) is 7.41. The van der Waals surface area contributed by atoms with Crippen molar-refractivity contribution in [3.05, 3.63) is 35.4 Å². The van der Waals surface area contributed by atoms with Crippen molar-refractivity contribution in [1.29, 1.82) is 0 Å². The Kier molecular flexibility index (Phi) is 5.56. The van der Waals surface area contributed by atoms with Crippen molar-refractivity contribution in [3.63, 3.8) is 0 Å². The van der Waals surface area contributed by atoms with Crippen LogP contribution in [0.5, 0.6) is 0 Å². The average Bonchev–Trinajstić information content (AvgIpc) is 2.46. The van der Waals surface area contributed by atoms with E-state index < -0.39 is 0 Å². The van der Waals surface area contributed by atoms with Crippen LogP contribution in [-0.2, 0) is 17.9 Å². The van der Waals surface area contributed by atoms with Gasteiger partial charge in [-0.1, -0.05) is 24.3 Å². The molecule has 1 aromatic carbocycles. The Bertz CT molecular complexity index is 439. The number of hydrogen-bond donors (Lipinski definition) is 2. The zero-order valence-corrected chi connectivity index (χ0v) is 12.5. The van der Waals surface area contributed by atoms with E-state index in [9.17, 15) is 4.79 Å². The smallest absolute Gasteiger partial charge is 0.223 e. The van der Waals surface area contributed by atoms with Gasteiger partial charge in [-0.2, -0.15) is 0 Å². The lowest BCUT2D eigenvalue weighted by molar-refractivity contribution is -0.125. The van der Waals surface area contributed by atoms with Gasteiger partial charge in [0.25, 0.3) is 0 Å². The van der Waals surface area contributed by atoms with E-state index >= 15 is 0 Å². The van der Waals surface area contributed by atoms with Gasteiger partial charge in [0, 0.05) is 19.0 Å². The van der Waals surface area contributed by atoms with E-state index in [2.05, 4.69) is 47.8 Å². The fourth-order valence-electron chi connectivity index (χ4n) is 2.64. The summed E-state index contributed by atoms with van der Waals surface area (Å²) in [5, 5.41) is 6.39. The lowest BCUT2D eigenvalue weighted by atomic mass is 9.97. The molecule has 0 aliphatic carbocycles. The first-order chi connectivity index (χ1) is 9.66. The summed E-state index contributed by atoms with van der Waals surface area (Å²) in [7, 11) is 4.12. The van der Waals surface area contributed by atoms with E-state index in [1.54, 1.807) is 0 Å². The van der Waals surface area contributed by atoms with Crippen LogP contribution in [0.4, 0.5) is 0 Å². The molecule has 1 aliphatic heterocycles. The van der Waals surface area contributed by atoms with Gasteiger partial charge in [-0.15, -0.1) is 0 Å².